The molecule has 3 aromatic rings. The maximum Gasteiger partial charge on any atom is 0.269 e. The topological polar surface area (TPSA) is 102 Å². The van der Waals surface area contributed by atoms with E-state index >= 15 is 0 Å². The smallest absolute Gasteiger partial charge is 0.269 e. The van der Waals surface area contributed by atoms with Crippen molar-refractivity contribution < 1.29 is 9.32 Å². The summed E-state index contributed by atoms with van der Waals surface area (Å²) in [7, 11) is 1.94. The summed E-state index contributed by atoms with van der Waals surface area (Å²) >= 11 is 0. The lowest BCUT2D eigenvalue weighted by Crippen LogP contribution is -2.26. The van der Waals surface area contributed by atoms with Gasteiger partial charge in [0.25, 0.3) is 5.91 Å². The normalized spacial score (nSPS) is 14.0. The highest BCUT2D eigenvalue weighted by Gasteiger charge is 2.29. The van der Waals surface area contributed by atoms with E-state index in [0.29, 0.717) is 30.4 Å². The van der Waals surface area contributed by atoms with E-state index in [1.54, 1.807) is 6.07 Å². The molecule has 1 aliphatic carbocycles. The quantitative estimate of drug-likeness (QED) is 0.717. The van der Waals surface area contributed by atoms with Crippen molar-refractivity contribution in [1.29, 1.82) is 0 Å². The summed E-state index contributed by atoms with van der Waals surface area (Å²) in [6, 6.07) is 5.63. The number of amides is 1. The third-order valence-corrected chi connectivity index (χ3v) is 4.07. The molecule has 0 unspecified atom stereocenters. The first-order valence-electron chi connectivity index (χ1n) is 7.98. The van der Waals surface area contributed by atoms with E-state index in [4.69, 9.17) is 4.52 Å². The van der Waals surface area contributed by atoms with E-state index in [9.17, 15) is 4.79 Å². The first kappa shape index (κ1) is 14.7. The van der Waals surface area contributed by atoms with Gasteiger partial charge in [0, 0.05) is 32.1 Å². The number of hydrogen-bond acceptors (Lipinski definition) is 5. The minimum atomic E-state index is -0.200. The van der Waals surface area contributed by atoms with Gasteiger partial charge in [-0.2, -0.15) is 10.1 Å². The van der Waals surface area contributed by atoms with Crippen molar-refractivity contribution in [2.24, 2.45) is 7.05 Å². The SMILES string of the molecule is Cn1cccc1-c1cc(C(=O)NCCc2noc(C3CC3)n2)[nH]n1. The lowest BCUT2D eigenvalue weighted by molar-refractivity contribution is 0.0949. The zero-order chi connectivity index (χ0) is 16.5. The van der Waals surface area contributed by atoms with Crippen molar-refractivity contribution in [1.82, 2.24) is 30.2 Å². The molecule has 0 saturated heterocycles. The molecule has 0 atom stereocenters. The van der Waals surface area contributed by atoms with Crippen LogP contribution in [0.3, 0.4) is 0 Å². The van der Waals surface area contributed by atoms with Gasteiger partial charge in [0.2, 0.25) is 5.89 Å². The van der Waals surface area contributed by atoms with Crippen LogP contribution in [0.25, 0.3) is 11.4 Å². The van der Waals surface area contributed by atoms with Gasteiger partial charge < -0.3 is 14.4 Å². The molecule has 0 aromatic carbocycles. The molecule has 0 spiro atoms. The average molecular weight is 326 g/mol. The standard InChI is InChI=1S/C16H18N6O2/c1-22-8-2-3-13(22)11-9-12(20-19-11)15(23)17-7-6-14-18-16(24-21-14)10-4-5-10/h2-3,8-10H,4-7H2,1H3,(H,17,23)(H,19,20). The second-order valence-corrected chi connectivity index (χ2v) is 6.00. The molecule has 3 aromatic heterocycles. The highest BCUT2D eigenvalue weighted by atomic mass is 16.5. The summed E-state index contributed by atoms with van der Waals surface area (Å²) in [6.45, 7) is 0.445. The molecule has 3 heterocycles. The van der Waals surface area contributed by atoms with Crippen LogP contribution in [-0.4, -0.2) is 37.4 Å². The van der Waals surface area contributed by atoms with Crippen molar-refractivity contribution >= 4 is 5.91 Å². The Labute approximate surface area is 138 Å². The van der Waals surface area contributed by atoms with Crippen LogP contribution in [0.2, 0.25) is 0 Å². The van der Waals surface area contributed by atoms with Crippen molar-refractivity contribution in [2.45, 2.75) is 25.2 Å². The molecular weight excluding hydrogens is 308 g/mol. The molecule has 8 heteroatoms. The van der Waals surface area contributed by atoms with Crippen molar-refractivity contribution in [3.8, 4) is 11.4 Å². The second-order valence-electron chi connectivity index (χ2n) is 6.00. The average Bonchev–Trinajstić information content (AvgIpc) is 2.99. The third kappa shape index (κ3) is 2.94. The summed E-state index contributed by atoms with van der Waals surface area (Å²) in [5.41, 5.74) is 2.11. The molecule has 8 nitrogen and oxygen atoms in total. The van der Waals surface area contributed by atoms with Crippen LogP contribution in [0.5, 0.6) is 0 Å². The molecule has 1 saturated carbocycles. The van der Waals surface area contributed by atoms with E-state index < -0.39 is 0 Å². The van der Waals surface area contributed by atoms with Gasteiger partial charge in [0.1, 0.15) is 11.4 Å². The van der Waals surface area contributed by atoms with Gasteiger partial charge in [0.05, 0.1) is 5.69 Å². The number of hydrogen-bond donors (Lipinski definition) is 2. The van der Waals surface area contributed by atoms with E-state index in [2.05, 4.69) is 25.7 Å². The maximum atomic E-state index is 12.2. The third-order valence-electron chi connectivity index (χ3n) is 4.07. The predicted molar refractivity (Wildman–Crippen MR) is 85.3 cm³/mol. The lowest BCUT2D eigenvalue weighted by atomic mass is 10.2. The van der Waals surface area contributed by atoms with E-state index in [1.165, 1.54) is 0 Å². The van der Waals surface area contributed by atoms with Crippen LogP contribution < -0.4 is 5.32 Å². The first-order valence-corrected chi connectivity index (χ1v) is 7.98. The lowest BCUT2D eigenvalue weighted by Gasteiger charge is -2.00. The number of nitrogens with one attached hydrogen (secondary N) is 2. The molecular formula is C16H18N6O2. The molecule has 0 bridgehead atoms. The van der Waals surface area contributed by atoms with Crippen LogP contribution in [0.1, 0.15) is 41.0 Å². The van der Waals surface area contributed by atoms with E-state index in [-0.39, 0.29) is 5.91 Å². The molecule has 1 fully saturated rings. The molecule has 124 valence electrons. The van der Waals surface area contributed by atoms with Gasteiger partial charge in [-0.25, -0.2) is 0 Å². The number of aryl methyl sites for hydroxylation is 1. The minimum absolute atomic E-state index is 0.200. The summed E-state index contributed by atoms with van der Waals surface area (Å²) in [4.78, 5) is 16.5. The summed E-state index contributed by atoms with van der Waals surface area (Å²) in [6.07, 6.45) is 4.73. The Hall–Kier alpha value is -2.90. The zero-order valence-corrected chi connectivity index (χ0v) is 13.3. The van der Waals surface area contributed by atoms with E-state index in [1.807, 2.05) is 29.9 Å². The van der Waals surface area contributed by atoms with Gasteiger partial charge in [0.15, 0.2) is 5.82 Å². The fourth-order valence-corrected chi connectivity index (χ4v) is 2.54. The van der Waals surface area contributed by atoms with Crippen LogP contribution >= 0.6 is 0 Å². The van der Waals surface area contributed by atoms with Crippen LogP contribution in [-0.2, 0) is 13.5 Å². The fraction of sp³-hybridized carbons (Fsp3) is 0.375. The Kier molecular flexibility index (Phi) is 3.64. The van der Waals surface area contributed by atoms with Gasteiger partial charge in [-0.05, 0) is 31.0 Å². The number of nitrogens with zero attached hydrogens (tertiary/aromatic N) is 4. The molecule has 1 aliphatic rings. The van der Waals surface area contributed by atoms with Crippen molar-refractivity contribution in [3.63, 3.8) is 0 Å². The first-order chi connectivity index (χ1) is 11.7. The molecule has 1 amide bonds. The van der Waals surface area contributed by atoms with Crippen molar-refractivity contribution in [3.05, 3.63) is 41.8 Å². The number of aromatic amines is 1. The van der Waals surface area contributed by atoms with Gasteiger partial charge in [-0.1, -0.05) is 5.16 Å². The Morgan fingerprint density at radius 3 is 3.12 bits per heavy atom. The molecule has 2 N–H and O–H groups in total. The van der Waals surface area contributed by atoms with Crippen molar-refractivity contribution in [2.75, 3.05) is 6.54 Å². The Balaban J connectivity index is 1.32. The molecule has 4 rings (SSSR count). The zero-order valence-electron chi connectivity index (χ0n) is 13.3. The highest BCUT2D eigenvalue weighted by Crippen LogP contribution is 2.38. The maximum absolute atomic E-state index is 12.2. The highest BCUT2D eigenvalue weighted by molar-refractivity contribution is 5.93. The van der Waals surface area contributed by atoms with Crippen LogP contribution in [0.15, 0.2) is 28.9 Å². The second kappa shape index (κ2) is 5.95. The number of carbonyl (C=O) groups is 1. The van der Waals surface area contributed by atoms with Crippen LogP contribution in [0, 0.1) is 0 Å². The number of rotatable bonds is 6. The Morgan fingerprint density at radius 2 is 2.38 bits per heavy atom. The predicted octanol–water partition coefficient (Wildman–Crippen LogP) is 1.65. The minimum Gasteiger partial charge on any atom is -0.350 e. The van der Waals surface area contributed by atoms with Crippen LogP contribution in [0.4, 0.5) is 0 Å². The van der Waals surface area contributed by atoms with Gasteiger partial charge in [-0.15, -0.1) is 0 Å². The number of aromatic nitrogens is 5. The Bertz CT molecular complexity index is 857. The van der Waals surface area contributed by atoms with E-state index in [0.717, 1.165) is 30.1 Å². The summed E-state index contributed by atoms with van der Waals surface area (Å²) in [5, 5.41) is 13.7. The molecule has 24 heavy (non-hydrogen) atoms. The number of H-pyrrole nitrogens is 1. The largest absolute Gasteiger partial charge is 0.350 e. The van der Waals surface area contributed by atoms with Gasteiger partial charge >= 0.3 is 0 Å². The number of carbonyl (C=O) groups excluding carboxylic acids is 1. The molecule has 0 aliphatic heterocycles. The molecule has 0 radical (unpaired) electrons. The fourth-order valence-electron chi connectivity index (χ4n) is 2.54. The monoisotopic (exact) mass is 326 g/mol. The Morgan fingerprint density at radius 1 is 1.50 bits per heavy atom. The van der Waals surface area contributed by atoms with Gasteiger partial charge in [-0.3, -0.25) is 9.89 Å². The summed E-state index contributed by atoms with van der Waals surface area (Å²) < 4.78 is 7.14. The summed E-state index contributed by atoms with van der Waals surface area (Å²) in [5.74, 6) is 1.60.